The Balaban J connectivity index is 1.46. The molecule has 2 N–H and O–H groups in total. The molecular formula is C31H35N3O4. The zero-order valence-electron chi connectivity index (χ0n) is 22.2. The molecule has 5 atom stereocenters. The first kappa shape index (κ1) is 25.9. The fourth-order valence-electron chi connectivity index (χ4n) is 5.39. The summed E-state index contributed by atoms with van der Waals surface area (Å²) in [5, 5.41) is 13.2. The maximum absolute atomic E-state index is 13.8. The molecule has 1 fully saturated rings. The molecule has 0 spiro atoms. The number of rotatable bonds is 8. The highest BCUT2D eigenvalue weighted by Gasteiger charge is 2.54. The molecule has 0 radical (unpaired) electrons. The lowest BCUT2D eigenvalue weighted by Gasteiger charge is -2.41. The number of para-hydroxylation sites is 1. The Bertz CT molecular complexity index is 1310. The molecule has 0 saturated carbocycles. The fourth-order valence-corrected chi connectivity index (χ4v) is 5.39. The highest BCUT2D eigenvalue weighted by atomic mass is 16.3. The predicted molar refractivity (Wildman–Crippen MR) is 148 cm³/mol. The van der Waals surface area contributed by atoms with Gasteiger partial charge in [0.05, 0.1) is 23.8 Å². The Labute approximate surface area is 223 Å². The number of aliphatic hydroxyl groups excluding tert-OH is 1. The number of furan rings is 1. The number of carbonyl (C=O) groups is 2. The van der Waals surface area contributed by atoms with Crippen molar-refractivity contribution in [2.45, 2.75) is 64.1 Å². The van der Waals surface area contributed by atoms with Crippen molar-refractivity contribution < 1.29 is 19.1 Å². The molecule has 38 heavy (non-hydrogen) atoms. The van der Waals surface area contributed by atoms with Crippen LogP contribution in [0.3, 0.4) is 0 Å². The average Bonchev–Trinajstić information content (AvgIpc) is 3.45. The van der Waals surface area contributed by atoms with E-state index in [2.05, 4.69) is 31.4 Å². The van der Waals surface area contributed by atoms with Gasteiger partial charge in [0, 0.05) is 11.6 Å². The molecule has 2 aliphatic rings. The zero-order chi connectivity index (χ0) is 27.0. The Morgan fingerprint density at radius 1 is 0.921 bits per heavy atom. The number of hydrogen-bond acceptors (Lipinski definition) is 6. The van der Waals surface area contributed by atoms with Gasteiger partial charge in [0.25, 0.3) is 5.91 Å². The number of carbonyl (C=O) groups excluding carboxylic acids is 2. The van der Waals surface area contributed by atoms with Gasteiger partial charge in [-0.25, -0.2) is 9.91 Å². The molecule has 5 unspecified atom stereocenters. The molecule has 198 valence electrons. The van der Waals surface area contributed by atoms with E-state index in [0.29, 0.717) is 18.0 Å². The third kappa shape index (κ3) is 4.91. The van der Waals surface area contributed by atoms with Gasteiger partial charge in [0.15, 0.2) is 0 Å². The van der Waals surface area contributed by atoms with Crippen molar-refractivity contribution in [3.63, 3.8) is 0 Å². The van der Waals surface area contributed by atoms with E-state index in [0.717, 1.165) is 17.2 Å². The second-order valence-electron chi connectivity index (χ2n) is 10.6. The van der Waals surface area contributed by atoms with Crippen LogP contribution < -0.4 is 10.3 Å². The van der Waals surface area contributed by atoms with Gasteiger partial charge in [-0.3, -0.25) is 9.59 Å². The van der Waals surface area contributed by atoms with E-state index in [1.54, 1.807) is 23.2 Å². The van der Waals surface area contributed by atoms with Crippen molar-refractivity contribution in [1.82, 2.24) is 5.01 Å². The maximum atomic E-state index is 13.8. The lowest BCUT2D eigenvalue weighted by Crippen LogP contribution is -2.57. The number of benzene rings is 2. The highest BCUT2D eigenvalue weighted by molar-refractivity contribution is 6.24. The number of amides is 2. The SMILES string of the molecule is Cc1ccc(C(C)CC(O)C2C=CC3C(=O)N(c4ccccc4)C(=O)C3N2Nc2ccc(C(C)C)cc2)o1. The number of aliphatic hydroxyl groups is 1. The number of aryl methyl sites for hydroxylation is 1. The number of hydrogen-bond donors (Lipinski definition) is 2. The van der Waals surface area contributed by atoms with Crippen molar-refractivity contribution in [3.8, 4) is 0 Å². The molecular weight excluding hydrogens is 478 g/mol. The van der Waals surface area contributed by atoms with Gasteiger partial charge in [-0.1, -0.05) is 63.3 Å². The van der Waals surface area contributed by atoms with Crippen molar-refractivity contribution in [2.75, 3.05) is 10.3 Å². The molecule has 3 heterocycles. The number of hydrazine groups is 1. The summed E-state index contributed by atoms with van der Waals surface area (Å²) < 4.78 is 5.79. The van der Waals surface area contributed by atoms with Crippen LogP contribution in [0.2, 0.25) is 0 Å². The third-order valence-corrected chi connectivity index (χ3v) is 7.54. The molecule has 7 heteroatoms. The summed E-state index contributed by atoms with van der Waals surface area (Å²) in [6.45, 7) is 8.18. The summed E-state index contributed by atoms with van der Waals surface area (Å²) in [6, 6.07) is 19.6. The van der Waals surface area contributed by atoms with Gasteiger partial charge in [0.2, 0.25) is 5.91 Å². The van der Waals surface area contributed by atoms with Crippen LogP contribution in [0.1, 0.15) is 56.1 Å². The van der Waals surface area contributed by atoms with Gasteiger partial charge in [-0.15, -0.1) is 0 Å². The summed E-state index contributed by atoms with van der Waals surface area (Å²) in [4.78, 5) is 28.5. The first-order valence-electron chi connectivity index (χ1n) is 13.2. The molecule has 1 saturated heterocycles. The quantitative estimate of drug-likeness (QED) is 0.310. The molecule has 3 aromatic rings. The minimum absolute atomic E-state index is 0.0290. The van der Waals surface area contributed by atoms with E-state index in [9.17, 15) is 14.7 Å². The van der Waals surface area contributed by atoms with E-state index in [4.69, 9.17) is 4.42 Å². The predicted octanol–water partition coefficient (Wildman–Crippen LogP) is 5.39. The highest BCUT2D eigenvalue weighted by Crippen LogP contribution is 2.37. The van der Waals surface area contributed by atoms with Crippen LogP contribution in [-0.2, 0) is 9.59 Å². The first-order chi connectivity index (χ1) is 18.2. The minimum atomic E-state index is -0.816. The fraction of sp³-hybridized carbons (Fsp3) is 0.355. The van der Waals surface area contributed by atoms with E-state index < -0.39 is 24.1 Å². The van der Waals surface area contributed by atoms with Crippen LogP contribution in [0.5, 0.6) is 0 Å². The molecule has 0 bridgehead atoms. The smallest absolute Gasteiger partial charge is 0.254 e. The van der Waals surface area contributed by atoms with Crippen molar-refractivity contribution in [1.29, 1.82) is 0 Å². The minimum Gasteiger partial charge on any atom is -0.466 e. The largest absolute Gasteiger partial charge is 0.466 e. The molecule has 2 amide bonds. The Kier molecular flexibility index (Phi) is 7.23. The zero-order valence-corrected chi connectivity index (χ0v) is 22.2. The number of nitrogens with one attached hydrogen (secondary N) is 1. The maximum Gasteiger partial charge on any atom is 0.254 e. The van der Waals surface area contributed by atoms with Gasteiger partial charge in [0.1, 0.15) is 17.6 Å². The third-order valence-electron chi connectivity index (χ3n) is 7.54. The molecule has 2 aliphatic heterocycles. The number of imide groups is 1. The van der Waals surface area contributed by atoms with Gasteiger partial charge in [-0.05, 0) is 61.2 Å². The normalized spacial score (nSPS) is 23.1. The number of fused-ring (bicyclic) bond motifs is 1. The van der Waals surface area contributed by atoms with Crippen molar-refractivity contribution >= 4 is 23.2 Å². The summed E-state index contributed by atoms with van der Waals surface area (Å²) >= 11 is 0. The van der Waals surface area contributed by atoms with Crippen LogP contribution in [-0.4, -0.2) is 40.1 Å². The number of anilines is 2. The Hall–Kier alpha value is -3.68. The van der Waals surface area contributed by atoms with E-state index >= 15 is 0 Å². The van der Waals surface area contributed by atoms with E-state index in [1.165, 1.54) is 10.5 Å². The Morgan fingerprint density at radius 2 is 1.63 bits per heavy atom. The molecule has 0 aliphatic carbocycles. The van der Waals surface area contributed by atoms with Gasteiger partial charge >= 0.3 is 0 Å². The van der Waals surface area contributed by atoms with Crippen LogP contribution in [0.4, 0.5) is 11.4 Å². The number of nitrogens with zero attached hydrogens (tertiary/aromatic N) is 2. The van der Waals surface area contributed by atoms with Crippen LogP contribution in [0.15, 0.2) is 83.3 Å². The van der Waals surface area contributed by atoms with Crippen LogP contribution in [0.25, 0.3) is 0 Å². The molecule has 7 nitrogen and oxygen atoms in total. The van der Waals surface area contributed by atoms with Crippen molar-refractivity contribution in [3.05, 3.63) is 96.0 Å². The first-order valence-corrected chi connectivity index (χ1v) is 13.2. The molecule has 1 aromatic heterocycles. The topological polar surface area (TPSA) is 86.0 Å². The van der Waals surface area contributed by atoms with Crippen LogP contribution in [0, 0.1) is 12.8 Å². The summed E-state index contributed by atoms with van der Waals surface area (Å²) in [7, 11) is 0. The Morgan fingerprint density at radius 3 is 2.26 bits per heavy atom. The summed E-state index contributed by atoms with van der Waals surface area (Å²) in [6.07, 6.45) is 3.24. The van der Waals surface area contributed by atoms with Crippen molar-refractivity contribution in [2.24, 2.45) is 5.92 Å². The lowest BCUT2D eigenvalue weighted by atomic mass is 9.89. The summed E-state index contributed by atoms with van der Waals surface area (Å²) in [5.74, 6) is 0.764. The standard InChI is InChI=1S/C31H35N3O4/c1-19(2)22-11-13-23(14-12-22)32-34-26(27(35)18-20(3)28-17-10-21(4)38-28)16-15-25-29(34)31(37)33(30(25)36)24-8-6-5-7-9-24/h5-17,19-20,25-27,29,32,35H,18H2,1-4H3. The molecule has 5 rings (SSSR count). The van der Waals surface area contributed by atoms with E-state index in [1.807, 2.05) is 62.4 Å². The van der Waals surface area contributed by atoms with Gasteiger partial charge < -0.3 is 14.9 Å². The summed E-state index contributed by atoms with van der Waals surface area (Å²) in [5.41, 5.74) is 5.92. The van der Waals surface area contributed by atoms with Crippen LogP contribution >= 0.6 is 0 Å². The molecule has 2 aromatic carbocycles. The van der Waals surface area contributed by atoms with Gasteiger partial charge in [-0.2, -0.15) is 0 Å². The second-order valence-corrected chi connectivity index (χ2v) is 10.6. The van der Waals surface area contributed by atoms with E-state index in [-0.39, 0.29) is 17.7 Å². The average molecular weight is 514 g/mol. The second kappa shape index (κ2) is 10.6. The lowest BCUT2D eigenvalue weighted by molar-refractivity contribution is -0.123. The monoisotopic (exact) mass is 513 g/mol.